The van der Waals surface area contributed by atoms with Gasteiger partial charge < -0.3 is 30.3 Å². The van der Waals surface area contributed by atoms with Crippen LogP contribution in [-0.2, 0) is 31.9 Å². The Morgan fingerprint density at radius 1 is 0.614 bits per heavy atom. The van der Waals surface area contributed by atoms with Crippen LogP contribution in [0.15, 0.2) is 97.1 Å². The third-order valence-corrected chi connectivity index (χ3v) is 7.64. The van der Waals surface area contributed by atoms with E-state index in [1.165, 1.54) is 14.2 Å². The summed E-state index contributed by atoms with van der Waals surface area (Å²) < 4.78 is 10.1. The SMILES string of the molecule is COC(=O)[C@H](Cc1ccc(O)cc1)NC(=S)c1ccccc1-c1ccccc1C(=S)N[C@@H](Cc1ccc(O)cc1)C(=O)OC. The maximum atomic E-state index is 12.7. The molecule has 0 aliphatic heterocycles. The van der Waals surface area contributed by atoms with Gasteiger partial charge in [-0.2, -0.15) is 0 Å². The quantitative estimate of drug-likeness (QED) is 0.136. The average molecular weight is 629 g/mol. The van der Waals surface area contributed by atoms with Crippen molar-refractivity contribution in [2.45, 2.75) is 24.9 Å². The second-order valence-corrected chi connectivity index (χ2v) is 10.7. The van der Waals surface area contributed by atoms with Gasteiger partial charge in [0.2, 0.25) is 0 Å². The fourth-order valence-corrected chi connectivity index (χ4v) is 5.35. The van der Waals surface area contributed by atoms with Gasteiger partial charge in [0.05, 0.1) is 14.2 Å². The van der Waals surface area contributed by atoms with E-state index in [2.05, 4.69) is 10.6 Å². The number of aromatic hydroxyl groups is 2. The molecule has 0 spiro atoms. The van der Waals surface area contributed by atoms with E-state index in [0.717, 1.165) is 22.3 Å². The molecule has 44 heavy (non-hydrogen) atoms. The fraction of sp³-hybridized carbons (Fsp3) is 0.176. The number of hydrogen-bond donors (Lipinski definition) is 4. The first-order valence-corrected chi connectivity index (χ1v) is 14.5. The van der Waals surface area contributed by atoms with Crippen LogP contribution in [0.5, 0.6) is 11.5 Å². The van der Waals surface area contributed by atoms with Crippen molar-refractivity contribution in [3.8, 4) is 22.6 Å². The summed E-state index contributed by atoms with van der Waals surface area (Å²) in [6, 6.07) is 26.6. The molecule has 0 saturated carbocycles. The van der Waals surface area contributed by atoms with Gasteiger partial charge in [0, 0.05) is 24.0 Å². The first kappa shape index (κ1) is 32.1. The molecule has 4 aromatic carbocycles. The average Bonchev–Trinajstić information content (AvgIpc) is 3.05. The van der Waals surface area contributed by atoms with Crippen LogP contribution in [0.2, 0.25) is 0 Å². The normalized spacial score (nSPS) is 12.0. The van der Waals surface area contributed by atoms with Gasteiger partial charge in [-0.25, -0.2) is 9.59 Å². The Morgan fingerprint density at radius 3 is 1.30 bits per heavy atom. The van der Waals surface area contributed by atoms with Gasteiger partial charge >= 0.3 is 11.9 Å². The largest absolute Gasteiger partial charge is 0.508 e. The van der Waals surface area contributed by atoms with Crippen molar-refractivity contribution < 1.29 is 29.3 Å². The summed E-state index contributed by atoms with van der Waals surface area (Å²) in [6.45, 7) is 0. The van der Waals surface area contributed by atoms with Gasteiger partial charge in [0.15, 0.2) is 0 Å². The highest BCUT2D eigenvalue weighted by molar-refractivity contribution is 7.81. The molecule has 0 unspecified atom stereocenters. The van der Waals surface area contributed by atoms with Gasteiger partial charge in [-0.1, -0.05) is 97.2 Å². The number of thiocarbonyl (C=S) groups is 2. The summed E-state index contributed by atoms with van der Waals surface area (Å²) in [5.74, 6) is -0.701. The lowest BCUT2D eigenvalue weighted by Crippen LogP contribution is -2.43. The Labute approximate surface area is 266 Å². The van der Waals surface area contributed by atoms with Crippen LogP contribution < -0.4 is 10.6 Å². The molecule has 0 amide bonds. The van der Waals surface area contributed by atoms with Crippen LogP contribution in [-0.4, -0.2) is 58.4 Å². The van der Waals surface area contributed by atoms with E-state index in [4.69, 9.17) is 33.9 Å². The molecule has 2 atom stereocenters. The summed E-state index contributed by atoms with van der Waals surface area (Å²) in [5.41, 5.74) is 4.52. The Kier molecular flexibility index (Phi) is 11.0. The Morgan fingerprint density at radius 2 is 0.955 bits per heavy atom. The number of methoxy groups -OCH3 is 2. The molecule has 0 fully saturated rings. The zero-order valence-corrected chi connectivity index (χ0v) is 25.8. The van der Waals surface area contributed by atoms with E-state index in [1.54, 1.807) is 48.5 Å². The number of carbonyl (C=O) groups excluding carboxylic acids is 2. The predicted molar refractivity (Wildman–Crippen MR) is 177 cm³/mol. The smallest absolute Gasteiger partial charge is 0.328 e. The lowest BCUT2D eigenvalue weighted by Gasteiger charge is -2.22. The first-order valence-electron chi connectivity index (χ1n) is 13.7. The second kappa shape index (κ2) is 15.1. The van der Waals surface area contributed by atoms with E-state index < -0.39 is 24.0 Å². The number of nitrogens with one attached hydrogen (secondary N) is 2. The molecular weight excluding hydrogens is 597 g/mol. The number of hydrogen-bond acceptors (Lipinski definition) is 8. The maximum absolute atomic E-state index is 12.7. The van der Waals surface area contributed by atoms with Gasteiger partial charge in [-0.3, -0.25) is 0 Å². The predicted octanol–water partition coefficient (Wildman–Crippen LogP) is 4.86. The maximum Gasteiger partial charge on any atom is 0.328 e. The molecule has 0 heterocycles. The number of esters is 2. The molecule has 8 nitrogen and oxygen atoms in total. The minimum atomic E-state index is -0.774. The molecule has 4 N–H and O–H groups in total. The molecule has 4 aromatic rings. The zero-order chi connectivity index (χ0) is 31.6. The minimum Gasteiger partial charge on any atom is -0.508 e. The highest BCUT2D eigenvalue weighted by atomic mass is 32.1. The number of rotatable bonds is 11. The summed E-state index contributed by atoms with van der Waals surface area (Å²) in [5, 5.41) is 25.6. The summed E-state index contributed by atoms with van der Waals surface area (Å²) in [4.78, 5) is 26.1. The number of ether oxygens (including phenoxy) is 2. The van der Waals surface area contributed by atoms with E-state index in [9.17, 15) is 19.8 Å². The van der Waals surface area contributed by atoms with E-state index in [-0.39, 0.29) is 24.3 Å². The fourth-order valence-electron chi connectivity index (χ4n) is 4.71. The summed E-state index contributed by atoms with van der Waals surface area (Å²) in [7, 11) is 2.64. The molecule has 0 aliphatic rings. The van der Waals surface area contributed by atoms with Crippen molar-refractivity contribution in [1.29, 1.82) is 0 Å². The lowest BCUT2D eigenvalue weighted by molar-refractivity contribution is -0.143. The summed E-state index contributed by atoms with van der Waals surface area (Å²) >= 11 is 11.6. The number of phenolic OH excluding ortho intramolecular Hbond substituents is 2. The zero-order valence-electron chi connectivity index (χ0n) is 24.2. The van der Waals surface area contributed by atoms with Crippen LogP contribution >= 0.6 is 24.4 Å². The third-order valence-electron chi connectivity index (χ3n) is 6.97. The van der Waals surface area contributed by atoms with E-state index >= 15 is 0 Å². The van der Waals surface area contributed by atoms with E-state index in [1.807, 2.05) is 48.5 Å². The Balaban J connectivity index is 1.61. The number of carbonyl (C=O) groups is 2. The molecule has 10 heteroatoms. The monoisotopic (exact) mass is 628 g/mol. The lowest BCUT2D eigenvalue weighted by atomic mass is 9.94. The summed E-state index contributed by atoms with van der Waals surface area (Å²) in [6.07, 6.45) is 0.575. The molecule has 0 aromatic heterocycles. The minimum absolute atomic E-state index is 0.130. The van der Waals surface area contributed by atoms with Crippen LogP contribution in [0.4, 0.5) is 0 Å². The van der Waals surface area contributed by atoms with Crippen LogP contribution in [0.3, 0.4) is 0 Å². The van der Waals surface area contributed by atoms with Gasteiger partial charge in [0.1, 0.15) is 33.6 Å². The van der Waals surface area contributed by atoms with Crippen molar-refractivity contribution >= 4 is 46.4 Å². The highest BCUT2D eigenvalue weighted by Gasteiger charge is 2.25. The van der Waals surface area contributed by atoms with E-state index in [0.29, 0.717) is 21.1 Å². The third kappa shape index (κ3) is 8.18. The van der Waals surface area contributed by atoms with Crippen LogP contribution in [0.1, 0.15) is 22.3 Å². The topological polar surface area (TPSA) is 117 Å². The standard InChI is InChI=1S/C34H32N2O6S2/c1-41-33(39)29(19-21-11-15-23(37)16-12-21)35-31(43)27-9-5-3-7-25(27)26-8-4-6-10-28(26)32(44)36-30(34(40)42-2)20-22-13-17-24(38)18-14-22/h3-18,29-30,37-38H,19-20H2,1-2H3,(H,35,43)(H,36,44)/t29-,30-/m0/s1. The molecule has 0 bridgehead atoms. The van der Waals surface area contributed by atoms with Crippen molar-refractivity contribution in [3.05, 3.63) is 119 Å². The number of phenols is 2. The van der Waals surface area contributed by atoms with Gasteiger partial charge in [-0.05, 0) is 46.5 Å². The molecule has 0 radical (unpaired) electrons. The van der Waals surface area contributed by atoms with Crippen molar-refractivity contribution in [3.63, 3.8) is 0 Å². The van der Waals surface area contributed by atoms with Crippen molar-refractivity contribution in [2.24, 2.45) is 0 Å². The highest BCUT2D eigenvalue weighted by Crippen LogP contribution is 2.28. The Bertz CT molecular complexity index is 1520. The molecule has 4 rings (SSSR count). The molecular formula is C34H32N2O6S2. The van der Waals surface area contributed by atoms with Crippen molar-refractivity contribution in [1.82, 2.24) is 10.6 Å². The van der Waals surface area contributed by atoms with Crippen molar-refractivity contribution in [2.75, 3.05) is 14.2 Å². The molecule has 0 aliphatic carbocycles. The van der Waals surface area contributed by atoms with Gasteiger partial charge in [-0.15, -0.1) is 0 Å². The molecule has 226 valence electrons. The number of benzene rings is 4. The van der Waals surface area contributed by atoms with Crippen LogP contribution in [0.25, 0.3) is 11.1 Å². The van der Waals surface area contributed by atoms with Crippen LogP contribution in [0, 0.1) is 0 Å². The molecule has 0 saturated heterocycles. The second-order valence-electron chi connectivity index (χ2n) is 9.93. The first-order chi connectivity index (χ1) is 21.2. The van der Waals surface area contributed by atoms with Gasteiger partial charge in [0.25, 0.3) is 0 Å². The Hall–Kier alpha value is -4.80.